The van der Waals surface area contributed by atoms with Crippen LogP contribution in [0.5, 0.6) is 0 Å². The first-order valence-electron chi connectivity index (χ1n) is 13.4. The van der Waals surface area contributed by atoms with Crippen molar-refractivity contribution in [1.29, 1.82) is 0 Å². The molecule has 3 aromatic rings. The van der Waals surface area contributed by atoms with Gasteiger partial charge in [-0.1, -0.05) is 50.2 Å². The molecule has 2 atom stereocenters. The van der Waals surface area contributed by atoms with Crippen LogP contribution >= 0.6 is 0 Å². The van der Waals surface area contributed by atoms with Crippen LogP contribution in [-0.4, -0.2) is 43.8 Å². The summed E-state index contributed by atoms with van der Waals surface area (Å²) in [5, 5.41) is 2.83. The molecule has 226 valence electrons. The fourth-order valence-electron chi connectivity index (χ4n) is 4.23. The van der Waals surface area contributed by atoms with Gasteiger partial charge >= 0.3 is 6.18 Å². The fourth-order valence-corrected chi connectivity index (χ4v) is 5.66. The first-order valence-corrected chi connectivity index (χ1v) is 14.8. The summed E-state index contributed by atoms with van der Waals surface area (Å²) in [5.41, 5.74) is -1.000. The minimum absolute atomic E-state index is 0.157. The van der Waals surface area contributed by atoms with Crippen LogP contribution in [0.2, 0.25) is 0 Å². The smallest absolute Gasteiger partial charge is 0.352 e. The van der Waals surface area contributed by atoms with Gasteiger partial charge in [0, 0.05) is 12.6 Å². The highest BCUT2D eigenvalue weighted by Crippen LogP contribution is 2.33. The molecule has 0 saturated carbocycles. The molecule has 0 spiro atoms. The number of rotatable bonds is 12. The van der Waals surface area contributed by atoms with Crippen LogP contribution in [0.15, 0.2) is 83.8 Å². The lowest BCUT2D eigenvalue weighted by molar-refractivity contribution is -0.140. The Morgan fingerprint density at radius 2 is 1.55 bits per heavy atom. The van der Waals surface area contributed by atoms with Crippen molar-refractivity contribution in [1.82, 2.24) is 10.2 Å². The van der Waals surface area contributed by atoms with Crippen molar-refractivity contribution in [3.8, 4) is 0 Å². The average molecular weight is 608 g/mol. The van der Waals surface area contributed by atoms with Crippen LogP contribution < -0.4 is 9.62 Å². The number of alkyl halides is 3. The molecule has 0 heterocycles. The number of nitrogens with zero attached hydrogens (tertiary/aromatic N) is 2. The van der Waals surface area contributed by atoms with Gasteiger partial charge in [0.2, 0.25) is 11.8 Å². The number of carbonyl (C=O) groups is 2. The van der Waals surface area contributed by atoms with Crippen LogP contribution in [0, 0.1) is 5.82 Å². The molecule has 0 aliphatic carbocycles. The van der Waals surface area contributed by atoms with Crippen molar-refractivity contribution in [3.05, 3.63) is 95.8 Å². The predicted octanol–water partition coefficient (Wildman–Crippen LogP) is 5.76. The number of carbonyl (C=O) groups excluding carboxylic acids is 2. The summed E-state index contributed by atoms with van der Waals surface area (Å²) in [6, 6.07) is 14.7. The van der Waals surface area contributed by atoms with E-state index in [1.54, 1.807) is 19.9 Å². The lowest BCUT2D eigenvalue weighted by Gasteiger charge is -2.33. The van der Waals surface area contributed by atoms with Gasteiger partial charge in [-0.25, -0.2) is 12.8 Å². The number of halogens is 4. The Morgan fingerprint density at radius 1 is 0.905 bits per heavy atom. The molecular formula is C30H33F4N3O4S. The van der Waals surface area contributed by atoms with Crippen molar-refractivity contribution in [2.75, 3.05) is 10.8 Å². The molecule has 3 rings (SSSR count). The molecule has 0 unspecified atom stereocenters. The fraction of sp³-hybridized carbons (Fsp3) is 0.333. The van der Waals surface area contributed by atoms with Gasteiger partial charge in [-0.05, 0) is 67.8 Å². The monoisotopic (exact) mass is 607 g/mol. The molecule has 3 aromatic carbocycles. The Kier molecular flexibility index (Phi) is 10.7. The normalized spacial score (nSPS) is 13.2. The molecule has 7 nitrogen and oxygen atoms in total. The summed E-state index contributed by atoms with van der Waals surface area (Å²) in [4.78, 5) is 28.1. The number of hydrogen-bond donors (Lipinski definition) is 1. The lowest BCUT2D eigenvalue weighted by Crippen LogP contribution is -2.53. The molecule has 0 saturated heterocycles. The Labute approximate surface area is 243 Å². The van der Waals surface area contributed by atoms with Crippen molar-refractivity contribution in [2.45, 2.75) is 63.3 Å². The first kappa shape index (κ1) is 32.6. The van der Waals surface area contributed by atoms with E-state index in [0.717, 1.165) is 12.1 Å². The zero-order valence-corrected chi connectivity index (χ0v) is 24.3. The summed E-state index contributed by atoms with van der Waals surface area (Å²) in [6.45, 7) is 4.27. The second-order valence-electron chi connectivity index (χ2n) is 9.76. The highest BCUT2D eigenvalue weighted by molar-refractivity contribution is 7.92. The third-order valence-electron chi connectivity index (χ3n) is 6.72. The van der Waals surface area contributed by atoms with E-state index in [4.69, 9.17) is 0 Å². The van der Waals surface area contributed by atoms with Crippen LogP contribution in [0.3, 0.4) is 0 Å². The van der Waals surface area contributed by atoms with Crippen molar-refractivity contribution in [3.63, 3.8) is 0 Å². The van der Waals surface area contributed by atoms with Crippen molar-refractivity contribution >= 4 is 27.5 Å². The van der Waals surface area contributed by atoms with Crippen LogP contribution in [-0.2, 0) is 32.3 Å². The van der Waals surface area contributed by atoms with Crippen LogP contribution in [0.1, 0.15) is 44.7 Å². The minimum atomic E-state index is -4.77. The molecule has 0 radical (unpaired) electrons. The lowest BCUT2D eigenvalue weighted by atomic mass is 10.1. The van der Waals surface area contributed by atoms with Gasteiger partial charge in [-0.3, -0.25) is 13.9 Å². The first-order chi connectivity index (χ1) is 19.8. The number of anilines is 1. The number of sulfonamides is 1. The zero-order valence-electron chi connectivity index (χ0n) is 23.4. The molecule has 1 N–H and O–H groups in total. The maximum absolute atomic E-state index is 14.0. The Morgan fingerprint density at radius 3 is 2.12 bits per heavy atom. The van der Waals surface area contributed by atoms with Gasteiger partial charge in [0.1, 0.15) is 18.4 Å². The van der Waals surface area contributed by atoms with Crippen molar-refractivity contribution < 1.29 is 35.6 Å². The van der Waals surface area contributed by atoms with E-state index in [0.29, 0.717) is 22.4 Å². The van der Waals surface area contributed by atoms with E-state index in [1.165, 1.54) is 59.5 Å². The summed E-state index contributed by atoms with van der Waals surface area (Å²) in [6.07, 6.45) is -3.99. The molecule has 2 amide bonds. The molecule has 0 bridgehead atoms. The summed E-state index contributed by atoms with van der Waals surface area (Å²) in [5.74, 6) is -1.82. The van der Waals surface area contributed by atoms with Gasteiger partial charge in [0.15, 0.2) is 0 Å². The summed E-state index contributed by atoms with van der Waals surface area (Å²) in [7, 11) is -4.53. The predicted molar refractivity (Wildman–Crippen MR) is 151 cm³/mol. The number of hydrogen-bond acceptors (Lipinski definition) is 4. The number of benzene rings is 3. The maximum atomic E-state index is 14.0. The molecular weight excluding hydrogens is 574 g/mol. The van der Waals surface area contributed by atoms with E-state index in [-0.39, 0.29) is 29.6 Å². The average Bonchev–Trinajstić information content (AvgIpc) is 2.96. The largest absolute Gasteiger partial charge is 0.416 e. The van der Waals surface area contributed by atoms with E-state index < -0.39 is 52.0 Å². The quantitative estimate of drug-likeness (QED) is 0.265. The van der Waals surface area contributed by atoms with E-state index in [1.807, 2.05) is 6.92 Å². The summed E-state index contributed by atoms with van der Waals surface area (Å²) >= 11 is 0. The molecule has 12 heteroatoms. The third-order valence-corrected chi connectivity index (χ3v) is 8.51. The molecule has 0 aromatic heterocycles. The Balaban J connectivity index is 2.10. The standard InChI is InChI=1S/C30H33F4N3O4S/c1-4-21(3)35-29(39)27(5-2)36(19-22-14-16-24(31)17-15-22)28(38)20-37(42(40,41)26-12-7-6-8-13-26)25-11-9-10-23(18-25)30(32,33)34/h6-18,21,27H,4-5,19-20H2,1-3H3,(H,35,39)/t21-,27+/m0/s1. The Hall–Kier alpha value is -3.93. The van der Waals surface area contributed by atoms with E-state index in [9.17, 15) is 35.6 Å². The summed E-state index contributed by atoms with van der Waals surface area (Å²) < 4.78 is 82.4. The SMILES string of the molecule is CC[C@H](C(=O)N[C@@H](C)CC)N(Cc1ccc(F)cc1)C(=O)CN(c1cccc(C(F)(F)F)c1)S(=O)(=O)c1ccccc1. The minimum Gasteiger partial charge on any atom is -0.352 e. The van der Waals surface area contributed by atoms with Gasteiger partial charge in [0.05, 0.1) is 16.1 Å². The number of nitrogens with one attached hydrogen (secondary N) is 1. The molecule has 0 aliphatic heterocycles. The highest BCUT2D eigenvalue weighted by atomic mass is 32.2. The van der Waals surface area contributed by atoms with Crippen LogP contribution in [0.25, 0.3) is 0 Å². The van der Waals surface area contributed by atoms with Gasteiger partial charge < -0.3 is 10.2 Å². The van der Waals surface area contributed by atoms with E-state index in [2.05, 4.69) is 5.32 Å². The van der Waals surface area contributed by atoms with Crippen molar-refractivity contribution in [2.24, 2.45) is 0 Å². The highest BCUT2D eigenvalue weighted by Gasteiger charge is 2.36. The third kappa shape index (κ3) is 8.09. The molecule has 0 aliphatic rings. The van der Waals surface area contributed by atoms with Gasteiger partial charge in [-0.15, -0.1) is 0 Å². The van der Waals surface area contributed by atoms with Gasteiger partial charge in [0.25, 0.3) is 10.0 Å². The number of amides is 2. The molecule has 42 heavy (non-hydrogen) atoms. The van der Waals surface area contributed by atoms with Gasteiger partial charge in [-0.2, -0.15) is 13.2 Å². The topological polar surface area (TPSA) is 86.8 Å². The van der Waals surface area contributed by atoms with E-state index >= 15 is 0 Å². The maximum Gasteiger partial charge on any atom is 0.416 e. The van der Waals surface area contributed by atoms with Crippen LogP contribution in [0.4, 0.5) is 23.2 Å². The second kappa shape index (κ2) is 13.8. The Bertz CT molecular complexity index is 1470. The second-order valence-corrected chi connectivity index (χ2v) is 11.6. The zero-order chi connectivity index (χ0) is 31.1. The molecule has 0 fully saturated rings.